The predicted molar refractivity (Wildman–Crippen MR) is 114 cm³/mol. The van der Waals surface area contributed by atoms with Gasteiger partial charge in [-0.3, -0.25) is 4.99 Å². The summed E-state index contributed by atoms with van der Waals surface area (Å²) in [5.74, 6) is 0.603. The van der Waals surface area contributed by atoms with Crippen LogP contribution in [0, 0.1) is 12.7 Å². The molecular weight excluding hydrogens is 415 g/mol. The number of thiophene rings is 1. The van der Waals surface area contributed by atoms with E-state index in [1.807, 2.05) is 11.8 Å². The molecule has 1 saturated heterocycles. The number of aliphatic imine (C=N–C) groups is 1. The third-order valence-electron chi connectivity index (χ3n) is 4.48. The highest BCUT2D eigenvalue weighted by atomic mass is 32.2. The van der Waals surface area contributed by atoms with E-state index in [0.29, 0.717) is 35.6 Å². The average molecular weight is 441 g/mol. The summed E-state index contributed by atoms with van der Waals surface area (Å²) in [6.45, 7) is 3.79. The fourth-order valence-electron chi connectivity index (χ4n) is 3.06. The first-order valence-corrected chi connectivity index (χ1v) is 11.6. The Labute approximate surface area is 174 Å². The van der Waals surface area contributed by atoms with Crippen LogP contribution in [0.1, 0.15) is 11.3 Å². The lowest BCUT2D eigenvalue weighted by molar-refractivity contribution is 0.581. The van der Waals surface area contributed by atoms with E-state index in [-0.39, 0.29) is 18.4 Å². The van der Waals surface area contributed by atoms with Crippen LogP contribution >= 0.6 is 11.3 Å². The Kier molecular flexibility index (Phi) is 7.04. The number of rotatable bonds is 7. The Morgan fingerprint density at radius 2 is 2.21 bits per heavy atom. The van der Waals surface area contributed by atoms with E-state index in [1.165, 1.54) is 17.4 Å². The van der Waals surface area contributed by atoms with E-state index in [0.717, 1.165) is 11.3 Å². The molecule has 0 bridgehead atoms. The lowest BCUT2D eigenvalue weighted by Crippen LogP contribution is -2.46. The predicted octanol–water partition coefficient (Wildman–Crippen LogP) is 1.31. The standard InChI is InChI=1S/C18H25FN6O2S2/c1-13-5-6-16(28-13)29(26,27)23-10-9-22-18(20-2)24-14-7-11-25(12-14)17-15(19)4-3-8-21-17/h3-6,8,14,23H,7,9-12H2,1-2H3,(H2,20,22,24). The van der Waals surface area contributed by atoms with E-state index in [9.17, 15) is 12.8 Å². The quantitative estimate of drug-likeness (QED) is 0.341. The molecule has 1 atom stereocenters. The van der Waals surface area contributed by atoms with E-state index < -0.39 is 10.0 Å². The highest BCUT2D eigenvalue weighted by molar-refractivity contribution is 7.91. The van der Waals surface area contributed by atoms with Crippen molar-refractivity contribution in [3.63, 3.8) is 0 Å². The van der Waals surface area contributed by atoms with Crippen molar-refractivity contribution < 1.29 is 12.8 Å². The summed E-state index contributed by atoms with van der Waals surface area (Å²) >= 11 is 1.24. The summed E-state index contributed by atoms with van der Waals surface area (Å²) in [5, 5.41) is 6.39. The topological polar surface area (TPSA) is 98.7 Å². The number of sulfonamides is 1. The molecule has 11 heteroatoms. The van der Waals surface area contributed by atoms with Gasteiger partial charge >= 0.3 is 0 Å². The Balaban J connectivity index is 1.44. The molecule has 2 aromatic rings. The minimum Gasteiger partial charge on any atom is -0.355 e. The smallest absolute Gasteiger partial charge is 0.250 e. The molecule has 0 spiro atoms. The molecule has 2 aromatic heterocycles. The van der Waals surface area contributed by atoms with Crippen LogP contribution in [0.25, 0.3) is 0 Å². The Hall–Kier alpha value is -2.24. The number of nitrogens with zero attached hydrogens (tertiary/aromatic N) is 3. The molecule has 29 heavy (non-hydrogen) atoms. The number of nitrogens with one attached hydrogen (secondary N) is 3. The first-order chi connectivity index (χ1) is 13.9. The van der Waals surface area contributed by atoms with Crippen LogP contribution < -0.4 is 20.3 Å². The van der Waals surface area contributed by atoms with Gasteiger partial charge in [-0.05, 0) is 37.6 Å². The Morgan fingerprint density at radius 1 is 1.38 bits per heavy atom. The molecule has 3 rings (SSSR count). The third kappa shape index (κ3) is 5.64. The largest absolute Gasteiger partial charge is 0.355 e. The second-order valence-corrected chi connectivity index (χ2v) is 9.93. The molecule has 3 N–H and O–H groups in total. The van der Waals surface area contributed by atoms with Crippen molar-refractivity contribution in [3.8, 4) is 0 Å². The highest BCUT2D eigenvalue weighted by Crippen LogP contribution is 2.21. The first-order valence-electron chi connectivity index (χ1n) is 9.28. The fourth-order valence-corrected chi connectivity index (χ4v) is 5.42. The number of hydrogen-bond donors (Lipinski definition) is 3. The summed E-state index contributed by atoms with van der Waals surface area (Å²) < 4.78 is 41.2. The first kappa shape index (κ1) is 21.5. The van der Waals surface area contributed by atoms with Crippen molar-refractivity contribution in [2.45, 2.75) is 23.6 Å². The van der Waals surface area contributed by atoms with Crippen LogP contribution in [0.2, 0.25) is 0 Å². The molecule has 0 aliphatic carbocycles. The molecule has 1 aliphatic rings. The Morgan fingerprint density at radius 3 is 2.90 bits per heavy atom. The van der Waals surface area contributed by atoms with E-state index in [1.54, 1.807) is 31.4 Å². The van der Waals surface area contributed by atoms with Crippen LogP contribution in [0.15, 0.2) is 39.7 Å². The molecule has 1 fully saturated rings. The third-order valence-corrected chi connectivity index (χ3v) is 7.43. The monoisotopic (exact) mass is 440 g/mol. The number of hydrogen-bond acceptors (Lipinski definition) is 6. The maximum atomic E-state index is 13.9. The lowest BCUT2D eigenvalue weighted by atomic mass is 10.3. The molecule has 1 aliphatic heterocycles. The molecule has 0 saturated carbocycles. The second kappa shape index (κ2) is 9.51. The normalized spacial score (nSPS) is 17.6. The zero-order valence-electron chi connectivity index (χ0n) is 16.4. The minimum absolute atomic E-state index is 0.0911. The van der Waals surface area contributed by atoms with Crippen LogP contribution in [0.5, 0.6) is 0 Å². The van der Waals surface area contributed by atoms with Gasteiger partial charge in [0, 0.05) is 50.3 Å². The number of pyridine rings is 1. The number of anilines is 1. The van der Waals surface area contributed by atoms with Gasteiger partial charge in [-0.2, -0.15) is 0 Å². The van der Waals surface area contributed by atoms with Gasteiger partial charge in [-0.15, -0.1) is 11.3 Å². The van der Waals surface area contributed by atoms with Crippen molar-refractivity contribution in [1.82, 2.24) is 20.3 Å². The van der Waals surface area contributed by atoms with Gasteiger partial charge in [0.25, 0.3) is 0 Å². The molecule has 8 nitrogen and oxygen atoms in total. The van der Waals surface area contributed by atoms with E-state index in [2.05, 4.69) is 25.3 Å². The molecular formula is C18H25FN6O2S2. The van der Waals surface area contributed by atoms with Crippen LogP contribution in [0.4, 0.5) is 10.2 Å². The van der Waals surface area contributed by atoms with Gasteiger partial charge in [0.1, 0.15) is 4.21 Å². The highest BCUT2D eigenvalue weighted by Gasteiger charge is 2.26. The summed E-state index contributed by atoms with van der Waals surface area (Å²) in [6, 6.07) is 6.46. The van der Waals surface area contributed by atoms with Gasteiger partial charge in [-0.25, -0.2) is 22.5 Å². The van der Waals surface area contributed by atoms with Gasteiger partial charge in [0.2, 0.25) is 10.0 Å². The van der Waals surface area contributed by atoms with E-state index >= 15 is 0 Å². The molecule has 158 valence electrons. The average Bonchev–Trinajstić information content (AvgIpc) is 3.34. The summed E-state index contributed by atoms with van der Waals surface area (Å²) in [5.41, 5.74) is 0. The molecule has 0 amide bonds. The molecule has 0 aromatic carbocycles. The number of guanidine groups is 1. The van der Waals surface area contributed by atoms with Crippen molar-refractivity contribution in [3.05, 3.63) is 41.2 Å². The van der Waals surface area contributed by atoms with Crippen molar-refractivity contribution in [1.29, 1.82) is 0 Å². The van der Waals surface area contributed by atoms with Crippen molar-refractivity contribution >= 4 is 33.1 Å². The second-order valence-electron chi connectivity index (χ2n) is 6.65. The SMILES string of the molecule is CN=C(NCCNS(=O)(=O)c1ccc(C)s1)NC1CCN(c2ncccc2F)C1. The van der Waals surface area contributed by atoms with Crippen LogP contribution in [0.3, 0.4) is 0 Å². The molecule has 3 heterocycles. The number of aryl methyl sites for hydroxylation is 1. The van der Waals surface area contributed by atoms with Gasteiger partial charge in [0.05, 0.1) is 0 Å². The van der Waals surface area contributed by atoms with E-state index in [4.69, 9.17) is 0 Å². The minimum atomic E-state index is -3.49. The Bertz CT molecular complexity index is 963. The van der Waals surface area contributed by atoms with Crippen molar-refractivity contribution in [2.24, 2.45) is 4.99 Å². The van der Waals surface area contributed by atoms with Crippen LogP contribution in [-0.4, -0.2) is 58.6 Å². The lowest BCUT2D eigenvalue weighted by Gasteiger charge is -2.20. The molecule has 0 radical (unpaired) electrons. The number of halogens is 1. The zero-order chi connectivity index (χ0) is 20.9. The maximum absolute atomic E-state index is 13.9. The van der Waals surface area contributed by atoms with Gasteiger partial charge in [0.15, 0.2) is 17.6 Å². The number of aromatic nitrogens is 1. The van der Waals surface area contributed by atoms with Gasteiger partial charge in [-0.1, -0.05) is 0 Å². The zero-order valence-corrected chi connectivity index (χ0v) is 18.0. The van der Waals surface area contributed by atoms with Gasteiger partial charge < -0.3 is 15.5 Å². The van der Waals surface area contributed by atoms with Crippen LogP contribution in [-0.2, 0) is 10.0 Å². The summed E-state index contributed by atoms with van der Waals surface area (Å²) in [4.78, 5) is 11.1. The van der Waals surface area contributed by atoms with Crippen molar-refractivity contribution in [2.75, 3.05) is 38.1 Å². The molecule has 1 unspecified atom stereocenters. The maximum Gasteiger partial charge on any atom is 0.250 e. The summed E-state index contributed by atoms with van der Waals surface area (Å²) in [7, 11) is -1.84. The fraction of sp³-hybridized carbons (Fsp3) is 0.444. The summed E-state index contributed by atoms with van der Waals surface area (Å²) in [6.07, 6.45) is 2.40.